The van der Waals surface area contributed by atoms with Gasteiger partial charge in [-0.1, -0.05) is 24.3 Å². The van der Waals surface area contributed by atoms with Gasteiger partial charge >= 0.3 is 0 Å². The summed E-state index contributed by atoms with van der Waals surface area (Å²) in [5.74, 6) is 0.696. The molecule has 0 amide bonds. The Morgan fingerprint density at radius 3 is 2.79 bits per heavy atom. The molecule has 0 saturated carbocycles. The van der Waals surface area contributed by atoms with E-state index < -0.39 is 0 Å². The minimum absolute atomic E-state index is 0.377. The predicted octanol–water partition coefficient (Wildman–Crippen LogP) is 3.15. The molecule has 1 aromatic carbocycles. The van der Waals surface area contributed by atoms with Crippen LogP contribution in [0.3, 0.4) is 0 Å². The van der Waals surface area contributed by atoms with Crippen LogP contribution in [0.5, 0.6) is 0 Å². The first-order valence-electron chi connectivity index (χ1n) is 8.36. The molecule has 2 heterocycles. The van der Waals surface area contributed by atoms with Gasteiger partial charge in [0, 0.05) is 25.5 Å². The van der Waals surface area contributed by atoms with Gasteiger partial charge in [0.1, 0.15) is 0 Å². The zero-order valence-electron chi connectivity index (χ0n) is 14.0. The van der Waals surface area contributed by atoms with E-state index in [-0.39, 0.29) is 0 Å². The highest BCUT2D eigenvalue weighted by Crippen LogP contribution is 2.24. The Morgan fingerprint density at radius 2 is 2.00 bits per heavy atom. The van der Waals surface area contributed by atoms with Gasteiger partial charge in [-0.05, 0) is 48.9 Å². The van der Waals surface area contributed by atoms with E-state index in [0.29, 0.717) is 12.0 Å². The molecule has 24 heavy (non-hydrogen) atoms. The second-order valence-corrected chi connectivity index (χ2v) is 6.42. The average Bonchev–Trinajstić information content (AvgIpc) is 3.02. The number of nitrogens with zero attached hydrogens (tertiary/aromatic N) is 4. The van der Waals surface area contributed by atoms with Crippen molar-refractivity contribution in [3.05, 3.63) is 59.4 Å². The van der Waals surface area contributed by atoms with E-state index in [1.807, 2.05) is 30.9 Å². The zero-order chi connectivity index (χ0) is 16.5. The third kappa shape index (κ3) is 2.77. The summed E-state index contributed by atoms with van der Waals surface area (Å²) < 4.78 is 1.84. The lowest BCUT2D eigenvalue weighted by atomic mass is 9.88. The Hall–Kier alpha value is -2.69. The van der Waals surface area contributed by atoms with Crippen LogP contribution in [0.15, 0.2) is 42.7 Å². The van der Waals surface area contributed by atoms with Crippen LogP contribution in [0.1, 0.15) is 23.1 Å². The summed E-state index contributed by atoms with van der Waals surface area (Å²) in [5, 5.41) is 7.76. The second-order valence-electron chi connectivity index (χ2n) is 6.42. The number of hydrogen-bond acceptors (Lipinski definition) is 4. The van der Waals surface area contributed by atoms with Crippen molar-refractivity contribution in [2.75, 3.05) is 5.32 Å². The molecule has 122 valence electrons. The normalized spacial score (nSPS) is 16.7. The summed E-state index contributed by atoms with van der Waals surface area (Å²) in [6, 6.07) is 11.0. The lowest BCUT2D eigenvalue weighted by Crippen LogP contribution is -2.28. The van der Waals surface area contributed by atoms with E-state index in [9.17, 15) is 0 Å². The topological polar surface area (TPSA) is 55.6 Å². The van der Waals surface area contributed by atoms with Gasteiger partial charge in [0.25, 0.3) is 0 Å². The second kappa shape index (κ2) is 6.07. The highest BCUT2D eigenvalue weighted by Gasteiger charge is 2.19. The number of anilines is 1. The van der Waals surface area contributed by atoms with Crippen molar-refractivity contribution in [1.29, 1.82) is 0 Å². The van der Waals surface area contributed by atoms with Crippen LogP contribution >= 0.6 is 0 Å². The van der Waals surface area contributed by atoms with Crippen LogP contribution in [0.25, 0.3) is 11.4 Å². The van der Waals surface area contributed by atoms with Crippen molar-refractivity contribution >= 4 is 5.95 Å². The molecule has 1 atom stereocenters. The molecule has 1 N–H and O–H groups in total. The van der Waals surface area contributed by atoms with Gasteiger partial charge in [0.2, 0.25) is 5.95 Å². The van der Waals surface area contributed by atoms with Crippen LogP contribution in [-0.2, 0) is 19.9 Å². The van der Waals surface area contributed by atoms with E-state index in [1.54, 1.807) is 6.20 Å². The molecule has 3 aromatic rings. The quantitative estimate of drug-likeness (QED) is 0.806. The summed E-state index contributed by atoms with van der Waals surface area (Å²) >= 11 is 0. The maximum Gasteiger partial charge on any atom is 0.223 e. The van der Waals surface area contributed by atoms with Crippen molar-refractivity contribution < 1.29 is 0 Å². The molecule has 2 aromatic heterocycles. The van der Waals surface area contributed by atoms with Crippen LogP contribution in [0, 0.1) is 6.92 Å². The summed E-state index contributed by atoms with van der Waals surface area (Å²) in [4.78, 5) is 9.22. The molecule has 5 heteroatoms. The molecule has 0 radical (unpaired) electrons. The van der Waals surface area contributed by atoms with E-state index in [4.69, 9.17) is 4.98 Å². The summed E-state index contributed by atoms with van der Waals surface area (Å²) in [6.45, 7) is 2.03. The standard InChI is InChI=1S/C19H21N5/c1-13-12-20-19(23-18(13)17-9-10-21-24(17)2)22-16-8-7-14-5-3-4-6-15(14)11-16/h3-6,9-10,12,16H,7-8,11H2,1-2H3,(H,20,22,23)/t16-/m0/s1. The lowest BCUT2D eigenvalue weighted by molar-refractivity contribution is 0.606. The highest BCUT2D eigenvalue weighted by atomic mass is 15.3. The van der Waals surface area contributed by atoms with Gasteiger partial charge in [0.15, 0.2) is 0 Å². The van der Waals surface area contributed by atoms with E-state index in [0.717, 1.165) is 36.2 Å². The molecule has 0 fully saturated rings. The number of benzene rings is 1. The Kier molecular flexibility index (Phi) is 3.76. The maximum atomic E-state index is 4.74. The average molecular weight is 319 g/mol. The van der Waals surface area contributed by atoms with Crippen LogP contribution in [0.2, 0.25) is 0 Å². The van der Waals surface area contributed by atoms with E-state index >= 15 is 0 Å². The fourth-order valence-electron chi connectivity index (χ4n) is 3.38. The van der Waals surface area contributed by atoms with Crippen LogP contribution in [-0.4, -0.2) is 25.8 Å². The molecule has 0 spiro atoms. The number of aromatic nitrogens is 4. The van der Waals surface area contributed by atoms with E-state index in [2.05, 4.69) is 39.7 Å². The molecule has 1 aliphatic rings. The zero-order valence-corrected chi connectivity index (χ0v) is 14.0. The van der Waals surface area contributed by atoms with Gasteiger partial charge in [-0.3, -0.25) is 4.68 Å². The van der Waals surface area contributed by atoms with Crippen LogP contribution < -0.4 is 5.32 Å². The first-order valence-corrected chi connectivity index (χ1v) is 8.36. The summed E-state index contributed by atoms with van der Waals surface area (Å²) in [5.41, 5.74) is 5.89. The molecule has 0 bridgehead atoms. The smallest absolute Gasteiger partial charge is 0.223 e. The van der Waals surface area contributed by atoms with E-state index in [1.165, 1.54) is 11.1 Å². The fourth-order valence-corrected chi connectivity index (χ4v) is 3.38. The summed E-state index contributed by atoms with van der Waals surface area (Å²) in [6.07, 6.45) is 6.91. The maximum absolute atomic E-state index is 4.74. The van der Waals surface area contributed by atoms with Crippen molar-refractivity contribution in [2.45, 2.75) is 32.2 Å². The van der Waals surface area contributed by atoms with Crippen molar-refractivity contribution in [1.82, 2.24) is 19.7 Å². The minimum atomic E-state index is 0.377. The number of rotatable bonds is 3. The number of fused-ring (bicyclic) bond motifs is 1. The lowest BCUT2D eigenvalue weighted by Gasteiger charge is -2.25. The first-order chi connectivity index (χ1) is 11.7. The number of aryl methyl sites for hydroxylation is 3. The molecular weight excluding hydrogens is 298 g/mol. The molecule has 4 rings (SSSR count). The predicted molar refractivity (Wildman–Crippen MR) is 94.8 cm³/mol. The number of hydrogen-bond donors (Lipinski definition) is 1. The monoisotopic (exact) mass is 319 g/mol. The van der Waals surface area contributed by atoms with Crippen LogP contribution in [0.4, 0.5) is 5.95 Å². The first kappa shape index (κ1) is 14.9. The molecular formula is C19H21N5. The Balaban J connectivity index is 1.57. The van der Waals surface area contributed by atoms with Gasteiger partial charge in [0.05, 0.1) is 11.4 Å². The minimum Gasteiger partial charge on any atom is -0.351 e. The van der Waals surface area contributed by atoms with Gasteiger partial charge in [-0.15, -0.1) is 0 Å². The Bertz CT molecular complexity index is 868. The van der Waals surface area contributed by atoms with Crippen molar-refractivity contribution in [2.24, 2.45) is 7.05 Å². The van der Waals surface area contributed by atoms with Crippen molar-refractivity contribution in [3.8, 4) is 11.4 Å². The molecule has 5 nitrogen and oxygen atoms in total. The molecule has 0 saturated heterocycles. The molecule has 0 unspecified atom stereocenters. The van der Waals surface area contributed by atoms with Gasteiger partial charge in [-0.2, -0.15) is 5.10 Å². The third-order valence-corrected chi connectivity index (χ3v) is 4.72. The van der Waals surface area contributed by atoms with Gasteiger partial charge < -0.3 is 5.32 Å². The SMILES string of the molecule is Cc1cnc(N[C@H]2CCc3ccccc3C2)nc1-c1ccnn1C. The number of nitrogens with one attached hydrogen (secondary N) is 1. The third-order valence-electron chi connectivity index (χ3n) is 4.72. The Labute approximate surface area is 141 Å². The molecule has 1 aliphatic carbocycles. The Morgan fingerprint density at radius 1 is 1.17 bits per heavy atom. The van der Waals surface area contributed by atoms with Gasteiger partial charge in [-0.25, -0.2) is 9.97 Å². The fraction of sp³-hybridized carbons (Fsp3) is 0.316. The largest absolute Gasteiger partial charge is 0.351 e. The van der Waals surface area contributed by atoms with Crippen molar-refractivity contribution in [3.63, 3.8) is 0 Å². The molecule has 0 aliphatic heterocycles. The summed E-state index contributed by atoms with van der Waals surface area (Å²) in [7, 11) is 1.93. The highest BCUT2D eigenvalue weighted by molar-refractivity contribution is 5.59.